The molecule has 2 aromatic rings. The van der Waals surface area contributed by atoms with Gasteiger partial charge in [0, 0.05) is 11.1 Å². The summed E-state index contributed by atoms with van der Waals surface area (Å²) in [6.07, 6.45) is 0. The number of hydrogen-bond acceptors (Lipinski definition) is 6. The Morgan fingerprint density at radius 2 is 1.86 bits per heavy atom. The summed E-state index contributed by atoms with van der Waals surface area (Å²) in [6.45, 7) is 0.675. The SMILES string of the molecule is C[C@H](N=C1NS(=O)(=O)c2ccccc21)C(=O)OCC(=O)c1ccc(F)c(F)c1. The monoisotopic (exact) mass is 408 g/mol. The molecule has 1 aliphatic rings. The third-order valence-electron chi connectivity index (χ3n) is 3.91. The summed E-state index contributed by atoms with van der Waals surface area (Å²) < 4.78 is 57.2. The topological polar surface area (TPSA) is 102 Å². The number of rotatable bonds is 5. The van der Waals surface area contributed by atoms with Gasteiger partial charge in [-0.1, -0.05) is 12.1 Å². The molecule has 0 aliphatic carbocycles. The number of carbonyl (C=O) groups excluding carboxylic acids is 2. The van der Waals surface area contributed by atoms with Gasteiger partial charge in [-0.15, -0.1) is 0 Å². The minimum Gasteiger partial charge on any atom is -0.456 e. The van der Waals surface area contributed by atoms with Crippen molar-refractivity contribution in [1.82, 2.24) is 4.72 Å². The molecule has 0 bridgehead atoms. The van der Waals surface area contributed by atoms with Crippen molar-refractivity contribution in [2.75, 3.05) is 6.61 Å². The van der Waals surface area contributed by atoms with Crippen LogP contribution in [0.15, 0.2) is 52.4 Å². The Hall–Kier alpha value is -3.14. The highest BCUT2D eigenvalue weighted by molar-refractivity contribution is 7.90. The number of amidine groups is 1. The molecule has 7 nitrogen and oxygen atoms in total. The third-order valence-corrected chi connectivity index (χ3v) is 5.31. The van der Waals surface area contributed by atoms with Crippen LogP contribution >= 0.6 is 0 Å². The number of hydrogen-bond donors (Lipinski definition) is 1. The molecule has 0 fully saturated rings. The van der Waals surface area contributed by atoms with Crippen LogP contribution in [0, 0.1) is 11.6 Å². The fourth-order valence-corrected chi connectivity index (χ4v) is 3.73. The van der Waals surface area contributed by atoms with Crippen molar-refractivity contribution < 1.29 is 31.5 Å². The van der Waals surface area contributed by atoms with Gasteiger partial charge in [-0.25, -0.2) is 22.0 Å². The van der Waals surface area contributed by atoms with Crippen molar-refractivity contribution in [2.24, 2.45) is 4.99 Å². The molecule has 0 unspecified atom stereocenters. The van der Waals surface area contributed by atoms with Crippen LogP contribution in [0.3, 0.4) is 0 Å². The lowest BCUT2D eigenvalue weighted by Crippen LogP contribution is -2.27. The number of nitrogens with one attached hydrogen (secondary N) is 1. The van der Waals surface area contributed by atoms with Crippen LogP contribution in [0.2, 0.25) is 0 Å². The standard InChI is InChI=1S/C18H14F2N2O5S/c1-10(21-17-12-4-2-3-5-16(12)28(25,26)22-17)18(24)27-9-15(23)11-6-7-13(19)14(20)8-11/h2-8,10H,9H2,1H3,(H,21,22)/t10-/m0/s1. The molecular weight excluding hydrogens is 394 g/mol. The van der Waals surface area contributed by atoms with Gasteiger partial charge >= 0.3 is 5.97 Å². The largest absolute Gasteiger partial charge is 0.456 e. The van der Waals surface area contributed by atoms with Gasteiger partial charge in [0.05, 0.1) is 4.90 Å². The van der Waals surface area contributed by atoms with E-state index in [1.54, 1.807) is 12.1 Å². The number of sulfonamides is 1. The lowest BCUT2D eigenvalue weighted by molar-refractivity contribution is -0.143. The highest BCUT2D eigenvalue weighted by Gasteiger charge is 2.31. The lowest BCUT2D eigenvalue weighted by atomic mass is 10.1. The molecule has 1 atom stereocenters. The Labute approximate surface area is 159 Å². The van der Waals surface area contributed by atoms with E-state index in [0.29, 0.717) is 11.6 Å². The Balaban J connectivity index is 1.68. The van der Waals surface area contributed by atoms with Crippen LogP contribution in [0.1, 0.15) is 22.8 Å². The first-order chi connectivity index (χ1) is 13.2. The second kappa shape index (κ2) is 7.47. The van der Waals surface area contributed by atoms with Crippen LogP contribution in [0.25, 0.3) is 0 Å². The molecule has 0 aromatic heterocycles. The molecule has 28 heavy (non-hydrogen) atoms. The molecule has 3 rings (SSSR count). The smallest absolute Gasteiger partial charge is 0.331 e. The summed E-state index contributed by atoms with van der Waals surface area (Å²) in [4.78, 5) is 28.1. The average Bonchev–Trinajstić information content (AvgIpc) is 2.92. The van der Waals surface area contributed by atoms with Gasteiger partial charge in [0.1, 0.15) is 11.9 Å². The molecule has 1 heterocycles. The molecule has 10 heteroatoms. The number of ether oxygens (including phenoxy) is 1. The second-order valence-corrected chi connectivity index (χ2v) is 7.57. The summed E-state index contributed by atoms with van der Waals surface area (Å²) >= 11 is 0. The molecule has 2 aromatic carbocycles. The van der Waals surface area contributed by atoms with Crippen LogP contribution in [-0.2, 0) is 19.6 Å². The first-order valence-electron chi connectivity index (χ1n) is 8.04. The number of carbonyl (C=O) groups is 2. The fourth-order valence-electron chi connectivity index (χ4n) is 2.49. The number of Topliss-reactive ketones (excluding diaryl/α,β-unsaturated/α-hetero) is 1. The normalized spacial score (nSPS) is 16.9. The number of ketones is 1. The zero-order valence-corrected chi connectivity index (χ0v) is 15.3. The summed E-state index contributed by atoms with van der Waals surface area (Å²) in [7, 11) is -3.75. The van der Waals surface area contributed by atoms with Gasteiger partial charge in [0.25, 0.3) is 10.0 Å². The van der Waals surface area contributed by atoms with E-state index in [9.17, 15) is 26.8 Å². The van der Waals surface area contributed by atoms with Crippen molar-refractivity contribution in [2.45, 2.75) is 17.9 Å². The first kappa shape index (κ1) is 19.6. The van der Waals surface area contributed by atoms with E-state index in [0.717, 1.165) is 12.1 Å². The molecule has 1 aliphatic heterocycles. The second-order valence-electron chi connectivity index (χ2n) is 5.92. The molecule has 0 saturated carbocycles. The lowest BCUT2D eigenvalue weighted by Gasteiger charge is -2.09. The average molecular weight is 408 g/mol. The maximum Gasteiger partial charge on any atom is 0.331 e. The van der Waals surface area contributed by atoms with E-state index in [-0.39, 0.29) is 16.3 Å². The zero-order chi connectivity index (χ0) is 20.5. The minimum atomic E-state index is -3.75. The van der Waals surface area contributed by atoms with Gasteiger partial charge in [-0.3, -0.25) is 14.5 Å². The highest BCUT2D eigenvalue weighted by Crippen LogP contribution is 2.22. The molecule has 0 saturated heterocycles. The molecule has 0 spiro atoms. The first-order valence-corrected chi connectivity index (χ1v) is 9.52. The van der Waals surface area contributed by atoms with Gasteiger partial charge in [0.15, 0.2) is 24.0 Å². The van der Waals surface area contributed by atoms with Gasteiger partial charge < -0.3 is 4.74 Å². The van der Waals surface area contributed by atoms with E-state index in [1.165, 1.54) is 19.1 Å². The van der Waals surface area contributed by atoms with Crippen molar-refractivity contribution in [3.63, 3.8) is 0 Å². The van der Waals surface area contributed by atoms with Gasteiger partial charge in [0.2, 0.25) is 0 Å². The molecular formula is C18H14F2N2O5S. The highest BCUT2D eigenvalue weighted by atomic mass is 32.2. The molecule has 1 N–H and O–H groups in total. The van der Waals surface area contributed by atoms with E-state index in [1.807, 2.05) is 0 Å². The predicted octanol–water partition coefficient (Wildman–Crippen LogP) is 1.82. The van der Waals surface area contributed by atoms with E-state index in [2.05, 4.69) is 9.71 Å². The fraction of sp³-hybridized carbons (Fsp3) is 0.167. The number of fused-ring (bicyclic) bond motifs is 1. The number of halogens is 2. The Morgan fingerprint density at radius 1 is 1.14 bits per heavy atom. The number of nitrogens with zero attached hydrogens (tertiary/aromatic N) is 1. The van der Waals surface area contributed by atoms with Crippen LogP contribution in [0.5, 0.6) is 0 Å². The third kappa shape index (κ3) is 3.91. The maximum absolute atomic E-state index is 13.2. The van der Waals surface area contributed by atoms with Crippen molar-refractivity contribution in [3.8, 4) is 0 Å². The van der Waals surface area contributed by atoms with Crippen molar-refractivity contribution in [1.29, 1.82) is 0 Å². The Bertz CT molecular complexity index is 1100. The summed E-state index contributed by atoms with van der Waals surface area (Å²) in [5.74, 6) is -3.90. The van der Waals surface area contributed by atoms with Gasteiger partial charge in [-0.05, 0) is 37.3 Å². The van der Waals surface area contributed by atoms with Crippen LogP contribution in [0.4, 0.5) is 8.78 Å². The Kier molecular flexibility index (Phi) is 5.23. The summed E-state index contributed by atoms with van der Waals surface area (Å²) in [6, 6.07) is 7.59. The molecule has 0 radical (unpaired) electrons. The summed E-state index contributed by atoms with van der Waals surface area (Å²) in [5.41, 5.74) is 0.170. The number of esters is 1. The van der Waals surface area contributed by atoms with E-state index < -0.39 is 46.1 Å². The zero-order valence-electron chi connectivity index (χ0n) is 14.5. The van der Waals surface area contributed by atoms with Gasteiger partial charge in [-0.2, -0.15) is 0 Å². The predicted molar refractivity (Wildman–Crippen MR) is 94.4 cm³/mol. The van der Waals surface area contributed by atoms with E-state index >= 15 is 0 Å². The van der Waals surface area contributed by atoms with Crippen LogP contribution in [-0.4, -0.2) is 38.7 Å². The van der Waals surface area contributed by atoms with Crippen LogP contribution < -0.4 is 4.72 Å². The number of benzene rings is 2. The quantitative estimate of drug-likeness (QED) is 0.601. The van der Waals surface area contributed by atoms with Crippen molar-refractivity contribution in [3.05, 3.63) is 65.2 Å². The Morgan fingerprint density at radius 3 is 2.57 bits per heavy atom. The molecule has 146 valence electrons. The minimum absolute atomic E-state index is 0.00742. The van der Waals surface area contributed by atoms with E-state index in [4.69, 9.17) is 4.74 Å². The maximum atomic E-state index is 13.2. The summed E-state index contributed by atoms with van der Waals surface area (Å²) in [5, 5.41) is 0. The molecule has 0 amide bonds. The van der Waals surface area contributed by atoms with Crippen molar-refractivity contribution >= 4 is 27.6 Å². The number of aliphatic imine (C=N–C) groups is 1.